The van der Waals surface area contributed by atoms with E-state index in [0.29, 0.717) is 10.6 Å². The Balaban J connectivity index is 2.05. The maximum atomic E-state index is 12.2. The highest BCUT2D eigenvalue weighted by Gasteiger charge is 2.28. The van der Waals surface area contributed by atoms with Gasteiger partial charge in [0.15, 0.2) is 5.69 Å². The van der Waals surface area contributed by atoms with E-state index in [4.69, 9.17) is 4.74 Å². The molecular weight excluding hydrogens is 291 g/mol. The van der Waals surface area contributed by atoms with Gasteiger partial charge in [0.2, 0.25) is 5.88 Å². The van der Waals surface area contributed by atoms with E-state index >= 15 is 0 Å². The Hall–Kier alpha value is -2.52. The van der Waals surface area contributed by atoms with Crippen LogP contribution in [0.15, 0.2) is 18.5 Å². The fourth-order valence-corrected chi connectivity index (χ4v) is 1.65. The highest BCUT2D eigenvalue weighted by Crippen LogP contribution is 2.18. The number of ether oxygens (including phenoxy) is 1. The van der Waals surface area contributed by atoms with E-state index in [1.165, 1.54) is 17.9 Å². The Morgan fingerprint density at radius 1 is 1.48 bits per heavy atom. The number of nitrogens with zero attached hydrogens (tertiary/aromatic N) is 4. The second-order valence-corrected chi connectivity index (χ2v) is 4.19. The molecule has 2 rings (SSSR count). The van der Waals surface area contributed by atoms with Gasteiger partial charge in [-0.05, 0) is 0 Å². The van der Waals surface area contributed by atoms with Crippen LogP contribution in [0.3, 0.4) is 0 Å². The molecule has 0 aliphatic rings. The lowest BCUT2D eigenvalue weighted by Gasteiger charge is -2.05. The molecule has 114 valence electrons. The second-order valence-electron chi connectivity index (χ2n) is 4.19. The second kappa shape index (κ2) is 5.46. The van der Waals surface area contributed by atoms with E-state index in [0.717, 1.165) is 12.4 Å². The van der Waals surface area contributed by atoms with Crippen molar-refractivity contribution in [2.24, 2.45) is 7.05 Å². The summed E-state index contributed by atoms with van der Waals surface area (Å²) in [4.78, 5) is 11.9. The summed E-state index contributed by atoms with van der Waals surface area (Å²) < 4.78 is 43.6. The minimum atomic E-state index is -4.37. The Bertz CT molecular complexity index is 647. The van der Waals surface area contributed by atoms with Crippen LogP contribution in [0.2, 0.25) is 0 Å². The third-order valence-corrected chi connectivity index (χ3v) is 2.51. The fraction of sp³-hybridized carbons (Fsp3) is 0.364. The molecular formula is C11H12F3N5O2. The molecule has 7 nitrogen and oxygen atoms in total. The van der Waals surface area contributed by atoms with Crippen molar-refractivity contribution in [2.75, 3.05) is 12.4 Å². The number of aromatic nitrogens is 4. The van der Waals surface area contributed by atoms with E-state index in [9.17, 15) is 18.0 Å². The van der Waals surface area contributed by atoms with Gasteiger partial charge < -0.3 is 10.1 Å². The van der Waals surface area contributed by atoms with Crippen LogP contribution in [0.4, 0.5) is 18.9 Å². The number of rotatable bonds is 4. The van der Waals surface area contributed by atoms with Crippen LogP contribution in [-0.4, -0.2) is 38.8 Å². The summed E-state index contributed by atoms with van der Waals surface area (Å²) in [5.41, 5.74) is 0.229. The van der Waals surface area contributed by atoms with Crippen LogP contribution in [0.1, 0.15) is 10.5 Å². The molecule has 2 heterocycles. The van der Waals surface area contributed by atoms with Crippen molar-refractivity contribution in [3.8, 4) is 5.88 Å². The molecule has 10 heteroatoms. The number of halogens is 3. The summed E-state index contributed by atoms with van der Waals surface area (Å²) in [6.45, 7) is -1.22. The molecule has 1 amide bonds. The third kappa shape index (κ3) is 3.74. The average Bonchev–Trinajstić information content (AvgIpc) is 2.94. The smallest absolute Gasteiger partial charge is 0.408 e. The molecule has 0 fully saturated rings. The third-order valence-electron chi connectivity index (χ3n) is 2.51. The number of nitrogens with one attached hydrogen (secondary N) is 1. The summed E-state index contributed by atoms with van der Waals surface area (Å²) in [5, 5.41) is 9.84. The minimum Gasteiger partial charge on any atom is -0.481 e. The van der Waals surface area contributed by atoms with E-state index in [-0.39, 0.29) is 11.4 Å². The average molecular weight is 303 g/mol. The normalized spacial score (nSPS) is 11.5. The molecule has 0 atom stereocenters. The first-order valence-corrected chi connectivity index (χ1v) is 5.77. The summed E-state index contributed by atoms with van der Waals surface area (Å²) in [7, 11) is 3.02. The zero-order valence-corrected chi connectivity index (χ0v) is 11.2. The van der Waals surface area contributed by atoms with Gasteiger partial charge in [0.25, 0.3) is 5.91 Å². The van der Waals surface area contributed by atoms with Gasteiger partial charge >= 0.3 is 6.18 Å². The first kappa shape index (κ1) is 14.9. The number of carbonyl (C=O) groups excluding carboxylic acids is 1. The van der Waals surface area contributed by atoms with Crippen LogP contribution in [-0.2, 0) is 13.6 Å². The van der Waals surface area contributed by atoms with Gasteiger partial charge in [0.1, 0.15) is 6.54 Å². The lowest BCUT2D eigenvalue weighted by Crippen LogP contribution is -2.18. The molecule has 2 aromatic rings. The molecule has 0 aliphatic heterocycles. The number of hydrogen-bond acceptors (Lipinski definition) is 4. The van der Waals surface area contributed by atoms with Crippen LogP contribution in [0, 0.1) is 0 Å². The van der Waals surface area contributed by atoms with Crippen molar-refractivity contribution in [1.82, 2.24) is 19.6 Å². The van der Waals surface area contributed by atoms with Gasteiger partial charge in [0, 0.05) is 19.3 Å². The molecule has 1 N–H and O–H groups in total. The van der Waals surface area contributed by atoms with Crippen molar-refractivity contribution in [2.45, 2.75) is 12.7 Å². The number of carbonyl (C=O) groups is 1. The standard InChI is InChI=1S/C11H12F3N5O2/c1-18-9(21-2)3-8(17-18)10(20)16-7-4-15-19(5-7)6-11(12,13)14/h3-5H,6H2,1-2H3,(H,16,20). The topological polar surface area (TPSA) is 74.0 Å². The Kier molecular flexibility index (Phi) is 3.87. The molecule has 0 spiro atoms. The number of methoxy groups -OCH3 is 1. The molecule has 0 saturated carbocycles. The summed E-state index contributed by atoms with van der Waals surface area (Å²) in [5.74, 6) is -0.187. The van der Waals surface area contributed by atoms with E-state index in [2.05, 4.69) is 15.5 Å². The predicted octanol–water partition coefficient (Wildman–Crippen LogP) is 1.44. The number of alkyl halides is 3. The maximum absolute atomic E-state index is 12.2. The van der Waals surface area contributed by atoms with Gasteiger partial charge in [-0.25, -0.2) is 4.68 Å². The molecule has 0 radical (unpaired) electrons. The Labute approximate surface area is 117 Å². The molecule has 0 unspecified atom stereocenters. The zero-order chi connectivity index (χ0) is 15.6. The van der Waals surface area contributed by atoms with Crippen molar-refractivity contribution in [3.63, 3.8) is 0 Å². The van der Waals surface area contributed by atoms with Gasteiger partial charge in [-0.15, -0.1) is 0 Å². The molecule has 0 saturated heterocycles. The van der Waals surface area contributed by atoms with Crippen molar-refractivity contribution in [1.29, 1.82) is 0 Å². The van der Waals surface area contributed by atoms with Crippen molar-refractivity contribution < 1.29 is 22.7 Å². The lowest BCUT2D eigenvalue weighted by atomic mass is 10.4. The molecule has 0 aliphatic carbocycles. The summed E-state index contributed by atoms with van der Waals surface area (Å²) in [6.07, 6.45) is -2.16. The number of aryl methyl sites for hydroxylation is 1. The SMILES string of the molecule is COc1cc(C(=O)Nc2cnn(CC(F)(F)F)c2)nn1C. The van der Waals surface area contributed by atoms with Crippen LogP contribution in [0.5, 0.6) is 5.88 Å². The highest BCUT2D eigenvalue weighted by atomic mass is 19.4. The zero-order valence-electron chi connectivity index (χ0n) is 11.2. The van der Waals surface area contributed by atoms with Gasteiger partial charge in [-0.1, -0.05) is 0 Å². The monoisotopic (exact) mass is 303 g/mol. The Morgan fingerprint density at radius 3 is 2.76 bits per heavy atom. The van der Waals surface area contributed by atoms with Crippen molar-refractivity contribution >= 4 is 11.6 Å². The Morgan fingerprint density at radius 2 is 2.19 bits per heavy atom. The summed E-state index contributed by atoms with van der Waals surface area (Å²) >= 11 is 0. The van der Waals surface area contributed by atoms with Gasteiger partial charge in [-0.2, -0.15) is 23.4 Å². The van der Waals surface area contributed by atoms with Gasteiger partial charge in [-0.3, -0.25) is 9.48 Å². The number of amides is 1. The first-order chi connectivity index (χ1) is 9.78. The van der Waals surface area contributed by atoms with Gasteiger partial charge in [0.05, 0.1) is 19.0 Å². The lowest BCUT2D eigenvalue weighted by molar-refractivity contribution is -0.142. The van der Waals surface area contributed by atoms with E-state index in [1.54, 1.807) is 7.05 Å². The van der Waals surface area contributed by atoms with Crippen LogP contribution >= 0.6 is 0 Å². The number of hydrogen-bond donors (Lipinski definition) is 1. The highest BCUT2D eigenvalue weighted by molar-refractivity contribution is 6.02. The van der Waals surface area contributed by atoms with Crippen molar-refractivity contribution in [3.05, 3.63) is 24.2 Å². The molecule has 0 aromatic carbocycles. The largest absolute Gasteiger partial charge is 0.481 e. The molecule has 2 aromatic heterocycles. The first-order valence-electron chi connectivity index (χ1n) is 5.77. The van der Waals surface area contributed by atoms with E-state index in [1.807, 2.05) is 0 Å². The maximum Gasteiger partial charge on any atom is 0.408 e. The predicted molar refractivity (Wildman–Crippen MR) is 66.0 cm³/mol. The fourth-order valence-electron chi connectivity index (χ4n) is 1.65. The summed E-state index contributed by atoms with van der Waals surface area (Å²) in [6, 6.07) is 1.41. The van der Waals surface area contributed by atoms with E-state index < -0.39 is 18.6 Å². The number of anilines is 1. The molecule has 0 bridgehead atoms. The van der Waals surface area contributed by atoms with Crippen LogP contribution < -0.4 is 10.1 Å². The van der Waals surface area contributed by atoms with Crippen LogP contribution in [0.25, 0.3) is 0 Å². The quantitative estimate of drug-likeness (QED) is 0.927. The molecule has 21 heavy (non-hydrogen) atoms. The minimum absolute atomic E-state index is 0.0814.